The number of carbonyl (C=O) groups is 1. The predicted molar refractivity (Wildman–Crippen MR) is 102 cm³/mol. The third kappa shape index (κ3) is 17.6. The third-order valence-electron chi connectivity index (χ3n) is 4.12. The van der Waals surface area contributed by atoms with Gasteiger partial charge in [0.05, 0.1) is 6.54 Å². The van der Waals surface area contributed by atoms with Gasteiger partial charge in [-0.1, -0.05) is 79.1 Å². The standard InChI is InChI=1S/C20H42N2O/c1-18(2)14-12-10-8-6-7-9-11-13-15-21-20(23)17-22(5)16-19(3)4/h18-19H,6-17H2,1-5H3,(H,21,23). The van der Waals surface area contributed by atoms with E-state index in [-0.39, 0.29) is 5.91 Å². The van der Waals surface area contributed by atoms with Crippen LogP contribution in [-0.2, 0) is 4.79 Å². The smallest absolute Gasteiger partial charge is 0.234 e. The van der Waals surface area contributed by atoms with Crippen LogP contribution in [0.15, 0.2) is 0 Å². The quantitative estimate of drug-likeness (QED) is 0.436. The lowest BCUT2D eigenvalue weighted by Gasteiger charge is -2.18. The van der Waals surface area contributed by atoms with E-state index in [0.717, 1.165) is 25.4 Å². The van der Waals surface area contributed by atoms with E-state index in [4.69, 9.17) is 0 Å². The molecule has 0 unspecified atom stereocenters. The molecule has 3 nitrogen and oxygen atoms in total. The van der Waals surface area contributed by atoms with E-state index in [1.54, 1.807) is 0 Å². The van der Waals surface area contributed by atoms with Crippen LogP contribution in [0.4, 0.5) is 0 Å². The molecule has 0 heterocycles. The van der Waals surface area contributed by atoms with E-state index in [9.17, 15) is 4.79 Å². The number of carbonyl (C=O) groups excluding carboxylic acids is 1. The Balaban J connectivity index is 3.28. The lowest BCUT2D eigenvalue weighted by atomic mass is 10.0. The van der Waals surface area contributed by atoms with Gasteiger partial charge in [0.1, 0.15) is 0 Å². The maximum absolute atomic E-state index is 11.8. The van der Waals surface area contributed by atoms with Crippen molar-refractivity contribution in [2.45, 2.75) is 85.5 Å². The van der Waals surface area contributed by atoms with Crippen LogP contribution < -0.4 is 5.32 Å². The molecule has 0 saturated heterocycles. The van der Waals surface area contributed by atoms with Crippen molar-refractivity contribution < 1.29 is 4.79 Å². The number of amides is 1. The highest BCUT2D eigenvalue weighted by molar-refractivity contribution is 5.77. The molecule has 0 bridgehead atoms. The summed E-state index contributed by atoms with van der Waals surface area (Å²) in [6, 6.07) is 0. The molecule has 138 valence electrons. The minimum atomic E-state index is 0.165. The monoisotopic (exact) mass is 326 g/mol. The van der Waals surface area contributed by atoms with Gasteiger partial charge in [0.15, 0.2) is 0 Å². The van der Waals surface area contributed by atoms with Crippen LogP contribution in [0.25, 0.3) is 0 Å². The Labute approximate surface area is 145 Å². The fraction of sp³-hybridized carbons (Fsp3) is 0.950. The molecule has 0 radical (unpaired) electrons. The van der Waals surface area contributed by atoms with Crippen molar-refractivity contribution in [1.82, 2.24) is 10.2 Å². The molecule has 0 aliphatic heterocycles. The van der Waals surface area contributed by atoms with Gasteiger partial charge in [-0.2, -0.15) is 0 Å². The molecule has 0 spiro atoms. The minimum Gasteiger partial charge on any atom is -0.355 e. The topological polar surface area (TPSA) is 32.3 Å². The summed E-state index contributed by atoms with van der Waals surface area (Å²) < 4.78 is 0. The van der Waals surface area contributed by atoms with Gasteiger partial charge in [0.2, 0.25) is 5.91 Å². The summed E-state index contributed by atoms with van der Waals surface area (Å²) in [6.07, 6.45) is 12.0. The SMILES string of the molecule is CC(C)CCCCCCCCCCNC(=O)CN(C)CC(C)C. The molecule has 0 fully saturated rings. The number of likely N-dealkylation sites (N-methyl/N-ethyl adjacent to an activating group) is 1. The molecule has 0 saturated carbocycles. The first-order valence-corrected chi connectivity index (χ1v) is 9.87. The maximum Gasteiger partial charge on any atom is 0.234 e. The summed E-state index contributed by atoms with van der Waals surface area (Å²) in [4.78, 5) is 13.9. The maximum atomic E-state index is 11.8. The highest BCUT2D eigenvalue weighted by Crippen LogP contribution is 2.12. The van der Waals surface area contributed by atoms with Crippen molar-refractivity contribution in [3.05, 3.63) is 0 Å². The lowest BCUT2D eigenvalue weighted by molar-refractivity contribution is -0.122. The molecular formula is C20H42N2O. The normalized spacial score (nSPS) is 11.7. The number of rotatable bonds is 15. The van der Waals surface area contributed by atoms with E-state index in [2.05, 4.69) is 37.9 Å². The highest BCUT2D eigenvalue weighted by Gasteiger charge is 2.07. The molecule has 0 aliphatic carbocycles. The van der Waals surface area contributed by atoms with Crippen molar-refractivity contribution in [3.63, 3.8) is 0 Å². The van der Waals surface area contributed by atoms with Crippen molar-refractivity contribution >= 4 is 5.91 Å². The molecular weight excluding hydrogens is 284 g/mol. The Hall–Kier alpha value is -0.570. The van der Waals surface area contributed by atoms with Gasteiger partial charge in [0.25, 0.3) is 0 Å². The average Bonchev–Trinajstić information content (AvgIpc) is 2.43. The Morgan fingerprint density at radius 1 is 0.826 bits per heavy atom. The number of unbranched alkanes of at least 4 members (excludes halogenated alkanes) is 7. The predicted octanol–water partition coefficient (Wildman–Crippen LogP) is 4.86. The van der Waals surface area contributed by atoms with Crippen molar-refractivity contribution in [2.75, 3.05) is 26.7 Å². The summed E-state index contributed by atoms with van der Waals surface area (Å²) in [5, 5.41) is 3.04. The fourth-order valence-corrected chi connectivity index (χ4v) is 2.96. The highest BCUT2D eigenvalue weighted by atomic mass is 16.2. The Morgan fingerprint density at radius 3 is 1.87 bits per heavy atom. The minimum absolute atomic E-state index is 0.165. The molecule has 0 aromatic heterocycles. The average molecular weight is 327 g/mol. The van der Waals surface area contributed by atoms with Crippen LogP contribution in [0.1, 0.15) is 85.5 Å². The summed E-state index contributed by atoms with van der Waals surface area (Å²) in [7, 11) is 2.01. The molecule has 1 N–H and O–H groups in total. The summed E-state index contributed by atoms with van der Waals surface area (Å²) in [6.45, 7) is 11.3. The molecule has 0 rings (SSSR count). The third-order valence-corrected chi connectivity index (χ3v) is 4.12. The van der Waals surface area contributed by atoms with Crippen molar-refractivity contribution in [2.24, 2.45) is 11.8 Å². The Bertz CT molecular complexity index is 277. The number of nitrogens with zero attached hydrogens (tertiary/aromatic N) is 1. The van der Waals surface area contributed by atoms with Crippen LogP contribution in [0.3, 0.4) is 0 Å². The molecule has 1 amide bonds. The first kappa shape index (κ1) is 22.4. The fourth-order valence-electron chi connectivity index (χ4n) is 2.96. The largest absolute Gasteiger partial charge is 0.355 e. The van der Waals surface area contributed by atoms with E-state index >= 15 is 0 Å². The van der Waals surface area contributed by atoms with Crippen molar-refractivity contribution in [3.8, 4) is 0 Å². The zero-order chi connectivity index (χ0) is 17.5. The summed E-state index contributed by atoms with van der Waals surface area (Å²) in [5.74, 6) is 1.63. The summed E-state index contributed by atoms with van der Waals surface area (Å²) >= 11 is 0. The Morgan fingerprint density at radius 2 is 1.35 bits per heavy atom. The van der Waals surface area contributed by atoms with Gasteiger partial charge < -0.3 is 5.32 Å². The molecule has 0 aromatic rings. The van der Waals surface area contributed by atoms with Crippen molar-refractivity contribution in [1.29, 1.82) is 0 Å². The zero-order valence-electron chi connectivity index (χ0n) is 16.5. The van der Waals surface area contributed by atoms with Gasteiger partial charge in [0, 0.05) is 13.1 Å². The zero-order valence-corrected chi connectivity index (χ0v) is 16.5. The van der Waals surface area contributed by atoms with E-state index in [1.165, 1.54) is 51.4 Å². The lowest BCUT2D eigenvalue weighted by Crippen LogP contribution is -2.37. The van der Waals surface area contributed by atoms with Gasteiger partial charge in [-0.05, 0) is 25.3 Å². The van der Waals surface area contributed by atoms with Crippen LogP contribution in [0.5, 0.6) is 0 Å². The van der Waals surface area contributed by atoms with Gasteiger partial charge >= 0.3 is 0 Å². The number of hydrogen-bond donors (Lipinski definition) is 1. The van der Waals surface area contributed by atoms with Gasteiger partial charge in [-0.15, -0.1) is 0 Å². The van der Waals surface area contributed by atoms with Crippen LogP contribution in [-0.4, -0.2) is 37.5 Å². The second-order valence-electron chi connectivity index (χ2n) is 7.95. The van der Waals surface area contributed by atoms with Crippen LogP contribution in [0.2, 0.25) is 0 Å². The van der Waals surface area contributed by atoms with E-state index in [1.807, 2.05) is 7.05 Å². The van der Waals surface area contributed by atoms with E-state index in [0.29, 0.717) is 12.5 Å². The van der Waals surface area contributed by atoms with Crippen LogP contribution in [0, 0.1) is 11.8 Å². The molecule has 0 aliphatic rings. The first-order chi connectivity index (χ1) is 10.9. The van der Waals surface area contributed by atoms with E-state index < -0.39 is 0 Å². The van der Waals surface area contributed by atoms with Crippen LogP contribution >= 0.6 is 0 Å². The molecule has 3 heteroatoms. The first-order valence-electron chi connectivity index (χ1n) is 9.87. The molecule has 0 aromatic carbocycles. The molecule has 23 heavy (non-hydrogen) atoms. The van der Waals surface area contributed by atoms with Gasteiger partial charge in [-0.3, -0.25) is 9.69 Å². The Kier molecular flexibility index (Phi) is 14.6. The number of nitrogens with one attached hydrogen (secondary N) is 1. The second-order valence-corrected chi connectivity index (χ2v) is 7.95. The van der Waals surface area contributed by atoms with Gasteiger partial charge in [-0.25, -0.2) is 0 Å². The number of hydrogen-bond acceptors (Lipinski definition) is 2. The molecule has 0 atom stereocenters. The second kappa shape index (κ2) is 15.0. The summed E-state index contributed by atoms with van der Waals surface area (Å²) in [5.41, 5.74) is 0.